The van der Waals surface area contributed by atoms with Gasteiger partial charge >= 0.3 is 0 Å². The van der Waals surface area contributed by atoms with E-state index in [4.69, 9.17) is 4.74 Å². The van der Waals surface area contributed by atoms with Gasteiger partial charge in [0.15, 0.2) is 0 Å². The standard InChI is InChI=1S/C20H30N2O3S.H2O.H2/c1-14(2)15(3)26(24)21-20(23)17-8-9-19-18(12-17)22(10-5-11-25-19)13-16-6-4-7-16;;/h8-9,12,14-16H,4-7,10-11,13H2,1-3H3,(H,21,23);1H2;1H/t15-,26?;;/m1../s1. The molecular weight excluding hydrogens is 364 g/mol. The van der Waals surface area contributed by atoms with E-state index >= 15 is 0 Å². The number of hydrogen-bond donors (Lipinski definition) is 1. The van der Waals surface area contributed by atoms with Crippen molar-refractivity contribution in [2.45, 2.75) is 51.7 Å². The molecule has 1 saturated carbocycles. The fourth-order valence-electron chi connectivity index (χ4n) is 3.25. The third kappa shape index (κ3) is 5.23. The lowest BCUT2D eigenvalue weighted by Gasteiger charge is -2.33. The van der Waals surface area contributed by atoms with Crippen molar-refractivity contribution in [1.29, 1.82) is 0 Å². The van der Waals surface area contributed by atoms with E-state index < -0.39 is 11.0 Å². The number of hydrogen-bond acceptors (Lipinski definition) is 4. The van der Waals surface area contributed by atoms with Gasteiger partial charge in [0.05, 0.1) is 17.5 Å². The molecule has 1 aromatic carbocycles. The maximum Gasteiger partial charge on any atom is 0.263 e. The highest BCUT2D eigenvalue weighted by atomic mass is 32.2. The quantitative estimate of drug-likeness (QED) is 0.798. The molecule has 2 atom stereocenters. The Balaban J connectivity index is 0.00000196. The number of amides is 1. The molecule has 1 amide bonds. The van der Waals surface area contributed by atoms with Crippen molar-refractivity contribution >= 4 is 22.6 Å². The summed E-state index contributed by atoms with van der Waals surface area (Å²) in [5.41, 5.74) is 1.53. The molecule has 7 heteroatoms. The van der Waals surface area contributed by atoms with Gasteiger partial charge in [-0.05, 0) is 56.2 Å². The molecule has 2 aliphatic rings. The third-order valence-electron chi connectivity index (χ3n) is 5.56. The lowest BCUT2D eigenvalue weighted by molar-refractivity contribution is 0.0982. The van der Waals surface area contributed by atoms with Crippen LogP contribution in [-0.4, -0.2) is 40.5 Å². The van der Waals surface area contributed by atoms with Crippen molar-refractivity contribution in [1.82, 2.24) is 4.72 Å². The summed E-state index contributed by atoms with van der Waals surface area (Å²) < 4.78 is 20.8. The summed E-state index contributed by atoms with van der Waals surface area (Å²) in [6.45, 7) is 8.59. The summed E-state index contributed by atoms with van der Waals surface area (Å²) in [5.74, 6) is 1.55. The molecule has 0 saturated heterocycles. The molecule has 6 nitrogen and oxygen atoms in total. The Kier molecular flexibility index (Phi) is 7.68. The van der Waals surface area contributed by atoms with Gasteiger partial charge in [-0.2, -0.15) is 0 Å². The highest BCUT2D eigenvalue weighted by Crippen LogP contribution is 2.35. The van der Waals surface area contributed by atoms with Crippen LogP contribution in [-0.2, 0) is 11.0 Å². The topological polar surface area (TPSA) is 90.1 Å². The fraction of sp³-hybridized carbons (Fsp3) is 0.650. The highest BCUT2D eigenvalue weighted by Gasteiger charge is 2.25. The van der Waals surface area contributed by atoms with Gasteiger partial charge in [-0.15, -0.1) is 0 Å². The first-order chi connectivity index (χ1) is 12.5. The summed E-state index contributed by atoms with van der Waals surface area (Å²) in [7, 11) is -1.39. The van der Waals surface area contributed by atoms with Gasteiger partial charge in [0.2, 0.25) is 0 Å². The number of carbonyl (C=O) groups is 1. The summed E-state index contributed by atoms with van der Waals surface area (Å²) in [5, 5.41) is -0.0850. The Morgan fingerprint density at radius 2 is 2.07 bits per heavy atom. The van der Waals surface area contributed by atoms with Crippen molar-refractivity contribution in [3.8, 4) is 5.75 Å². The molecule has 1 aliphatic carbocycles. The minimum atomic E-state index is -1.39. The zero-order valence-corrected chi connectivity index (χ0v) is 17.3. The van der Waals surface area contributed by atoms with Crippen molar-refractivity contribution in [2.75, 3.05) is 24.6 Å². The maximum absolute atomic E-state index is 12.6. The van der Waals surface area contributed by atoms with Crippen LogP contribution in [0, 0.1) is 11.8 Å². The summed E-state index contributed by atoms with van der Waals surface area (Å²) in [6, 6.07) is 5.53. The van der Waals surface area contributed by atoms with Crippen LogP contribution in [0.15, 0.2) is 18.2 Å². The largest absolute Gasteiger partial charge is 0.491 e. The lowest BCUT2D eigenvalue weighted by Crippen LogP contribution is -2.35. The maximum atomic E-state index is 12.6. The number of anilines is 1. The smallest absolute Gasteiger partial charge is 0.263 e. The molecule has 1 unspecified atom stereocenters. The van der Waals surface area contributed by atoms with E-state index in [2.05, 4.69) is 9.62 Å². The second kappa shape index (κ2) is 9.55. The summed E-state index contributed by atoms with van der Waals surface area (Å²) >= 11 is 0. The molecule has 1 fully saturated rings. The van der Waals surface area contributed by atoms with Gasteiger partial charge in [-0.25, -0.2) is 4.21 Å². The Morgan fingerprint density at radius 3 is 2.70 bits per heavy atom. The third-order valence-corrected chi connectivity index (χ3v) is 7.17. The first kappa shape index (κ1) is 21.7. The van der Waals surface area contributed by atoms with E-state index in [9.17, 15) is 9.00 Å². The van der Waals surface area contributed by atoms with Gasteiger partial charge in [-0.3, -0.25) is 9.52 Å². The van der Waals surface area contributed by atoms with E-state index in [0.29, 0.717) is 12.2 Å². The lowest BCUT2D eigenvalue weighted by atomic mass is 9.85. The SMILES string of the molecule is CC(C)[C@@H](C)S(=O)NC(=O)c1ccc2c(c1)N(CC1CCC1)CCCO2.O.[HH]. The molecule has 0 radical (unpaired) electrons. The van der Waals surface area contributed by atoms with Crippen LogP contribution < -0.4 is 14.4 Å². The van der Waals surface area contributed by atoms with Crippen LogP contribution in [0.5, 0.6) is 5.75 Å². The molecule has 3 rings (SSSR count). The minimum Gasteiger partial charge on any atom is -0.491 e. The summed E-state index contributed by atoms with van der Waals surface area (Å²) in [4.78, 5) is 14.9. The molecule has 27 heavy (non-hydrogen) atoms. The Labute approximate surface area is 166 Å². The predicted octanol–water partition coefficient (Wildman–Crippen LogP) is 2.93. The van der Waals surface area contributed by atoms with E-state index in [1.54, 1.807) is 6.07 Å². The molecule has 1 heterocycles. The van der Waals surface area contributed by atoms with E-state index in [-0.39, 0.29) is 24.0 Å². The Morgan fingerprint density at radius 1 is 1.33 bits per heavy atom. The summed E-state index contributed by atoms with van der Waals surface area (Å²) in [6.07, 6.45) is 4.89. The van der Waals surface area contributed by atoms with Crippen molar-refractivity contribution in [3.63, 3.8) is 0 Å². The van der Waals surface area contributed by atoms with Crippen LogP contribution >= 0.6 is 0 Å². The normalized spacial score (nSPS) is 19.0. The zero-order valence-electron chi connectivity index (χ0n) is 16.5. The molecule has 1 aromatic rings. The van der Waals surface area contributed by atoms with Crippen LogP contribution in [0.3, 0.4) is 0 Å². The number of nitrogens with one attached hydrogen (secondary N) is 1. The van der Waals surface area contributed by atoms with Crippen molar-refractivity contribution < 1.29 is 20.6 Å². The van der Waals surface area contributed by atoms with Gasteiger partial charge in [0.1, 0.15) is 16.7 Å². The number of ether oxygens (including phenoxy) is 1. The number of nitrogens with zero attached hydrogens (tertiary/aromatic N) is 1. The van der Waals surface area contributed by atoms with Gasteiger partial charge in [-0.1, -0.05) is 20.3 Å². The van der Waals surface area contributed by atoms with Gasteiger partial charge < -0.3 is 15.1 Å². The zero-order chi connectivity index (χ0) is 18.7. The second-order valence-electron chi connectivity index (χ2n) is 7.81. The molecule has 1 aliphatic heterocycles. The number of benzene rings is 1. The molecule has 0 aromatic heterocycles. The first-order valence-electron chi connectivity index (χ1n) is 9.69. The molecule has 0 spiro atoms. The van der Waals surface area contributed by atoms with Crippen LogP contribution in [0.2, 0.25) is 0 Å². The minimum absolute atomic E-state index is 0. The molecule has 0 bridgehead atoms. The molecule has 154 valence electrons. The number of carbonyl (C=O) groups excluding carboxylic acids is 1. The second-order valence-corrected chi connectivity index (χ2v) is 9.35. The number of rotatable bonds is 6. The van der Waals surface area contributed by atoms with E-state index in [0.717, 1.165) is 36.9 Å². The van der Waals surface area contributed by atoms with Gasteiger partial charge in [0, 0.05) is 20.1 Å². The van der Waals surface area contributed by atoms with Crippen LogP contribution in [0.25, 0.3) is 0 Å². The van der Waals surface area contributed by atoms with Crippen molar-refractivity contribution in [2.24, 2.45) is 11.8 Å². The Bertz CT molecular complexity index is 682. The molecular formula is C20H34N2O4S. The van der Waals surface area contributed by atoms with Crippen LogP contribution in [0.4, 0.5) is 5.69 Å². The number of fused-ring (bicyclic) bond motifs is 1. The van der Waals surface area contributed by atoms with Gasteiger partial charge in [0.25, 0.3) is 5.91 Å². The average molecular weight is 399 g/mol. The fourth-order valence-corrected chi connectivity index (χ4v) is 4.23. The predicted molar refractivity (Wildman–Crippen MR) is 112 cm³/mol. The van der Waals surface area contributed by atoms with Crippen molar-refractivity contribution in [3.05, 3.63) is 23.8 Å². The average Bonchev–Trinajstić information content (AvgIpc) is 2.78. The van der Waals surface area contributed by atoms with E-state index in [1.807, 2.05) is 32.9 Å². The van der Waals surface area contributed by atoms with E-state index in [1.165, 1.54) is 19.3 Å². The highest BCUT2D eigenvalue weighted by molar-refractivity contribution is 7.84. The van der Waals surface area contributed by atoms with Crippen LogP contribution in [0.1, 0.15) is 58.2 Å². The first-order valence-corrected chi connectivity index (χ1v) is 10.9. The monoisotopic (exact) mass is 398 g/mol. The molecule has 3 N–H and O–H groups in total. The Hall–Kier alpha value is -1.60.